The Morgan fingerprint density at radius 2 is 1.02 bits per heavy atom. The Morgan fingerprint density at radius 1 is 0.483 bits per heavy atom. The number of hydrogen-bond donors (Lipinski definition) is 0. The molecule has 13 aromatic rings. The highest BCUT2D eigenvalue weighted by atomic mass is 32.1. The molecule has 0 unspecified atom stereocenters. The van der Waals surface area contributed by atoms with Crippen LogP contribution in [-0.2, 0) is 0 Å². The van der Waals surface area contributed by atoms with Gasteiger partial charge in [0.15, 0.2) is 5.82 Å². The van der Waals surface area contributed by atoms with E-state index < -0.39 is 6.04 Å². The number of rotatable bonds is 4. The van der Waals surface area contributed by atoms with Crippen LogP contribution in [0.3, 0.4) is 0 Å². The first-order valence-electron chi connectivity index (χ1n) is 21.5. The average molecular weight is 788 g/mol. The van der Waals surface area contributed by atoms with Gasteiger partial charge >= 0.3 is 0 Å². The van der Waals surface area contributed by atoms with Crippen LogP contribution in [0.25, 0.3) is 115 Å². The maximum Gasteiger partial charge on any atom is 0.240 e. The van der Waals surface area contributed by atoms with Gasteiger partial charge in [-0.3, -0.25) is 9.13 Å². The fourth-order valence-corrected chi connectivity index (χ4v) is 10.3. The Hall–Kier alpha value is -8.12. The molecule has 0 spiro atoms. The van der Waals surface area contributed by atoms with Gasteiger partial charge in [0.05, 0.1) is 55.9 Å². The summed E-state index contributed by atoms with van der Waals surface area (Å²) in [5.74, 6) is 0.574. The summed E-state index contributed by atoms with van der Waals surface area (Å²) in [5, 5.41) is 17.6. The lowest BCUT2D eigenvalue weighted by Crippen LogP contribution is -2.11. The largest absolute Gasteiger partial charge is 0.308 e. The summed E-state index contributed by atoms with van der Waals surface area (Å²) in [4.78, 5) is 15.8. The fraction of sp³-hybridized carbons (Fsp3) is 0. The second-order valence-corrected chi connectivity index (χ2v) is 15.9. The molecule has 0 aliphatic heterocycles. The van der Waals surface area contributed by atoms with Crippen LogP contribution >= 0.6 is 11.3 Å². The van der Waals surface area contributed by atoms with E-state index in [0.717, 1.165) is 85.6 Å². The molecule has 7 nitrogen and oxygen atoms in total. The summed E-state index contributed by atoms with van der Waals surface area (Å²) in [6.07, 6.45) is 0. The summed E-state index contributed by atoms with van der Waals surface area (Å²) in [6.45, 7) is 0. The quantitative estimate of drug-likeness (QED) is 0.178. The summed E-state index contributed by atoms with van der Waals surface area (Å²) in [5.41, 5.74) is 5.75. The molecule has 0 saturated carbocycles. The van der Waals surface area contributed by atoms with E-state index in [1.165, 1.54) is 0 Å². The highest BCUT2D eigenvalue weighted by Gasteiger charge is 2.24. The van der Waals surface area contributed by atoms with Gasteiger partial charge < -0.3 is 4.57 Å². The van der Waals surface area contributed by atoms with Crippen LogP contribution in [0, 0.1) is 11.3 Å². The van der Waals surface area contributed by atoms with Gasteiger partial charge in [-0.25, -0.2) is 0 Å². The third-order valence-corrected chi connectivity index (χ3v) is 12.8. The molecule has 0 fully saturated rings. The van der Waals surface area contributed by atoms with Crippen molar-refractivity contribution in [3.8, 4) is 35.0 Å². The highest BCUT2D eigenvalue weighted by Crippen LogP contribution is 2.44. The van der Waals surface area contributed by atoms with Gasteiger partial charge in [-0.2, -0.15) is 20.2 Å². The van der Waals surface area contributed by atoms with Crippen LogP contribution in [0.5, 0.6) is 0 Å². The second-order valence-electron chi connectivity index (χ2n) is 14.8. The third kappa shape index (κ3) is 4.55. The molecular weight excluding hydrogens is 755 g/mol. The van der Waals surface area contributed by atoms with Crippen LogP contribution in [0.4, 0.5) is 0 Å². The molecule has 0 bridgehead atoms. The first kappa shape index (κ1) is 29.1. The van der Waals surface area contributed by atoms with Gasteiger partial charge in [-0.1, -0.05) is 109 Å². The first-order chi connectivity index (χ1) is 31.4. The summed E-state index contributed by atoms with van der Waals surface area (Å²) in [7, 11) is 0. The van der Waals surface area contributed by atoms with Gasteiger partial charge in [0, 0.05) is 58.1 Å². The van der Waals surface area contributed by atoms with Crippen LogP contribution in [0.1, 0.15) is 11.0 Å². The number of fused-ring (bicyclic) bond motifs is 13. The average Bonchev–Trinajstić information content (AvgIpc) is 4.08. The molecule has 8 aromatic carbocycles. The lowest BCUT2D eigenvalue weighted by Gasteiger charge is -2.16. The topological polar surface area (TPSA) is 77.2 Å². The Kier molecular flexibility index (Phi) is 6.04. The molecule has 8 heteroatoms. The molecule has 60 heavy (non-hydrogen) atoms. The molecule has 5 heterocycles. The molecule has 0 N–H and O–H groups in total. The maximum atomic E-state index is 9.94. The van der Waals surface area contributed by atoms with Gasteiger partial charge in [0.1, 0.15) is 0 Å². The Balaban J connectivity index is 1.22. The number of nitriles is 1. The van der Waals surface area contributed by atoms with E-state index in [1.807, 2.05) is 117 Å². The van der Waals surface area contributed by atoms with Crippen molar-refractivity contribution in [2.24, 2.45) is 0 Å². The van der Waals surface area contributed by atoms with Gasteiger partial charge in [0.25, 0.3) is 0 Å². The number of para-hydroxylation sites is 5. The van der Waals surface area contributed by atoms with Crippen LogP contribution < -0.4 is 0 Å². The predicted molar refractivity (Wildman–Crippen MR) is 246 cm³/mol. The van der Waals surface area contributed by atoms with E-state index in [-0.39, 0.29) is 47.1 Å². The number of thiophene rings is 1. The Bertz CT molecular complexity index is 4180. The first-order valence-corrected chi connectivity index (χ1v) is 20.3. The van der Waals surface area contributed by atoms with Gasteiger partial charge in [-0.15, -0.1) is 11.3 Å². The molecule has 278 valence electrons. The minimum atomic E-state index is -0.406. The zero-order valence-corrected chi connectivity index (χ0v) is 32.3. The van der Waals surface area contributed by atoms with E-state index in [4.69, 9.17) is 15.0 Å². The molecule has 0 saturated heterocycles. The third-order valence-electron chi connectivity index (χ3n) is 11.7. The monoisotopic (exact) mass is 787 g/mol. The van der Waals surface area contributed by atoms with Crippen LogP contribution in [0.15, 0.2) is 176 Å². The number of hydrogen-bond acceptors (Lipinski definition) is 5. The molecule has 5 aromatic heterocycles. The molecule has 0 aliphatic rings. The van der Waals surface area contributed by atoms with E-state index in [0.29, 0.717) is 5.56 Å². The van der Waals surface area contributed by atoms with Crippen molar-refractivity contribution in [3.63, 3.8) is 0 Å². The standard InChI is InChI=1S/C52H29N7S/c53-30-31-25-27-45-39(29-31)35-16-4-10-22-43(35)59(45)52-55-50(54-51(56-52)58-41-20-8-1-13-32(41)33-14-2-9-21-42(33)58)37-17-5-11-23-44(37)57-40-19-7-3-15-34(40)36-26-28-47-48(49(36)57)38-18-6-12-24-46(38)60-47/h1-29H/i5D,11D,17D,23D. The van der Waals surface area contributed by atoms with Crippen molar-refractivity contribution in [1.82, 2.24) is 28.7 Å². The Morgan fingerprint density at radius 3 is 1.67 bits per heavy atom. The van der Waals surface area contributed by atoms with Crippen LogP contribution in [-0.4, -0.2) is 28.7 Å². The summed E-state index contributed by atoms with van der Waals surface area (Å²) >= 11 is 1.69. The van der Waals surface area contributed by atoms with Gasteiger partial charge in [0.2, 0.25) is 11.9 Å². The van der Waals surface area contributed by atoms with Crippen molar-refractivity contribution in [3.05, 3.63) is 181 Å². The molecule has 0 amide bonds. The summed E-state index contributed by atoms with van der Waals surface area (Å²) in [6, 6.07) is 51.1. The fourth-order valence-electron chi connectivity index (χ4n) is 9.19. The highest BCUT2D eigenvalue weighted by molar-refractivity contribution is 7.26. The maximum absolute atomic E-state index is 9.94. The molecular formula is C52H29N7S. The van der Waals surface area contributed by atoms with Gasteiger partial charge in [-0.05, 0) is 66.7 Å². The van der Waals surface area contributed by atoms with Crippen molar-refractivity contribution < 1.29 is 5.48 Å². The van der Waals surface area contributed by atoms with E-state index in [1.54, 1.807) is 17.4 Å². The minimum Gasteiger partial charge on any atom is -0.308 e. The zero-order valence-electron chi connectivity index (χ0n) is 35.5. The minimum absolute atomic E-state index is 0.0664. The zero-order chi connectivity index (χ0) is 43.0. The lowest BCUT2D eigenvalue weighted by atomic mass is 10.1. The lowest BCUT2D eigenvalue weighted by molar-refractivity contribution is 0.892. The second kappa shape index (κ2) is 12.4. The molecule has 0 atom stereocenters. The number of nitrogens with zero attached hydrogens (tertiary/aromatic N) is 7. The van der Waals surface area contributed by atoms with E-state index in [2.05, 4.69) is 48.5 Å². The smallest absolute Gasteiger partial charge is 0.240 e. The normalized spacial score (nSPS) is 12.9. The van der Waals surface area contributed by atoms with E-state index in [9.17, 15) is 10.7 Å². The SMILES string of the molecule is [2H]c1c([2H])c([2H])c(-n2c3ccccc3c3ccc4sc5ccccc5c4c32)c(-c2nc(-n3c4ccccc4c4ccccc43)nc(-n3c4ccccc4c4cc(C#N)ccc43)n2)c1[2H]. The molecule has 13 rings (SSSR count). The Labute approximate surface area is 351 Å². The molecule has 0 aliphatic carbocycles. The molecule has 0 radical (unpaired) electrons. The van der Waals surface area contributed by atoms with Crippen LogP contribution in [0.2, 0.25) is 0 Å². The van der Waals surface area contributed by atoms with Crippen molar-refractivity contribution >= 4 is 96.9 Å². The van der Waals surface area contributed by atoms with Crippen molar-refractivity contribution in [1.29, 1.82) is 5.26 Å². The predicted octanol–water partition coefficient (Wildman–Crippen LogP) is 13.1. The number of aromatic nitrogens is 6. The summed E-state index contributed by atoms with van der Waals surface area (Å²) < 4.78 is 46.1. The van der Waals surface area contributed by atoms with Crippen molar-refractivity contribution in [2.75, 3.05) is 0 Å². The number of benzene rings is 8. The van der Waals surface area contributed by atoms with E-state index >= 15 is 0 Å². The van der Waals surface area contributed by atoms with Crippen molar-refractivity contribution in [2.45, 2.75) is 0 Å².